The van der Waals surface area contributed by atoms with E-state index in [0.717, 1.165) is 22.2 Å². The van der Waals surface area contributed by atoms with E-state index in [1.165, 1.54) is 0 Å². The Balaban J connectivity index is 2.15. The summed E-state index contributed by atoms with van der Waals surface area (Å²) in [6.07, 6.45) is 1.65. The number of ether oxygens (including phenoxy) is 1. The number of anilines is 1. The number of hydrogen-bond acceptors (Lipinski definition) is 5. The molecule has 96 valence electrons. The molecule has 2 heterocycles. The van der Waals surface area contributed by atoms with Gasteiger partial charge in [-0.3, -0.25) is 0 Å². The molecule has 0 unspecified atom stereocenters. The van der Waals surface area contributed by atoms with Gasteiger partial charge in [0.05, 0.1) is 17.9 Å². The van der Waals surface area contributed by atoms with Crippen LogP contribution in [0.5, 0.6) is 0 Å². The molecule has 0 amide bonds. The van der Waals surface area contributed by atoms with Gasteiger partial charge >= 0.3 is 0 Å². The van der Waals surface area contributed by atoms with Crippen molar-refractivity contribution in [3.05, 3.63) is 42.3 Å². The predicted molar refractivity (Wildman–Crippen MR) is 72.4 cm³/mol. The van der Waals surface area contributed by atoms with Gasteiger partial charge < -0.3 is 14.9 Å². The fraction of sp³-hybridized carbons (Fsp3) is 0.143. The van der Waals surface area contributed by atoms with Crippen molar-refractivity contribution in [2.45, 2.75) is 6.61 Å². The molecule has 3 rings (SSSR count). The van der Waals surface area contributed by atoms with E-state index >= 15 is 0 Å². The molecule has 0 saturated carbocycles. The molecule has 0 bridgehead atoms. The smallest absolute Gasteiger partial charge is 0.165 e. The first-order chi connectivity index (χ1) is 9.28. The number of furan rings is 1. The van der Waals surface area contributed by atoms with Crippen LogP contribution in [-0.2, 0) is 11.3 Å². The fourth-order valence-electron chi connectivity index (χ4n) is 2.01. The van der Waals surface area contributed by atoms with E-state index in [4.69, 9.17) is 14.9 Å². The Morgan fingerprint density at radius 1 is 1.26 bits per heavy atom. The molecule has 5 heteroatoms. The first kappa shape index (κ1) is 11.7. The Hall–Kier alpha value is -2.40. The van der Waals surface area contributed by atoms with E-state index in [9.17, 15) is 0 Å². The lowest BCUT2D eigenvalue weighted by Crippen LogP contribution is -2.01. The SMILES string of the molecule is COCc1cc(N)nc(-c2coc3ccccc23)n1. The van der Waals surface area contributed by atoms with E-state index in [0.29, 0.717) is 18.2 Å². The van der Waals surface area contributed by atoms with E-state index < -0.39 is 0 Å². The molecule has 2 aromatic heterocycles. The van der Waals surface area contributed by atoms with Gasteiger partial charge in [0.2, 0.25) is 0 Å². The van der Waals surface area contributed by atoms with E-state index in [2.05, 4.69) is 9.97 Å². The standard InChI is InChI=1S/C14H13N3O2/c1-18-7-9-6-13(15)17-14(16-9)11-8-19-12-5-3-2-4-10(11)12/h2-6,8H,7H2,1H3,(H2,15,16,17). The molecule has 19 heavy (non-hydrogen) atoms. The summed E-state index contributed by atoms with van der Waals surface area (Å²) in [5.74, 6) is 0.972. The largest absolute Gasteiger partial charge is 0.464 e. The van der Waals surface area contributed by atoms with Crippen molar-refractivity contribution in [1.29, 1.82) is 0 Å². The Labute approximate surface area is 110 Å². The maximum atomic E-state index is 5.80. The van der Waals surface area contributed by atoms with Gasteiger partial charge in [-0.05, 0) is 6.07 Å². The Morgan fingerprint density at radius 3 is 2.95 bits per heavy atom. The number of nitrogen functional groups attached to an aromatic ring is 1. The van der Waals surface area contributed by atoms with Crippen molar-refractivity contribution in [2.24, 2.45) is 0 Å². The van der Waals surface area contributed by atoms with Crippen molar-refractivity contribution in [2.75, 3.05) is 12.8 Å². The maximum Gasteiger partial charge on any atom is 0.165 e. The van der Waals surface area contributed by atoms with Gasteiger partial charge in [0.15, 0.2) is 5.82 Å². The van der Waals surface area contributed by atoms with Gasteiger partial charge in [0.25, 0.3) is 0 Å². The average molecular weight is 255 g/mol. The van der Waals surface area contributed by atoms with Crippen LogP contribution in [0.15, 0.2) is 41.0 Å². The second-order valence-electron chi connectivity index (χ2n) is 4.19. The molecule has 0 fully saturated rings. The Morgan fingerprint density at radius 2 is 2.11 bits per heavy atom. The zero-order valence-electron chi connectivity index (χ0n) is 10.5. The van der Waals surface area contributed by atoms with E-state index in [1.807, 2.05) is 24.3 Å². The van der Waals surface area contributed by atoms with Crippen molar-refractivity contribution < 1.29 is 9.15 Å². The van der Waals surface area contributed by atoms with Gasteiger partial charge in [0, 0.05) is 18.6 Å². The van der Waals surface area contributed by atoms with Crippen molar-refractivity contribution in [1.82, 2.24) is 9.97 Å². The second kappa shape index (κ2) is 4.70. The summed E-state index contributed by atoms with van der Waals surface area (Å²) < 4.78 is 10.6. The monoisotopic (exact) mass is 255 g/mol. The first-order valence-electron chi connectivity index (χ1n) is 5.87. The first-order valence-corrected chi connectivity index (χ1v) is 5.87. The highest BCUT2D eigenvalue weighted by molar-refractivity contribution is 5.92. The molecule has 0 radical (unpaired) electrons. The van der Waals surface area contributed by atoms with Crippen LogP contribution >= 0.6 is 0 Å². The van der Waals surface area contributed by atoms with Gasteiger partial charge in [-0.15, -0.1) is 0 Å². The van der Waals surface area contributed by atoms with Crippen LogP contribution in [0.3, 0.4) is 0 Å². The van der Waals surface area contributed by atoms with E-state index in [1.54, 1.807) is 19.4 Å². The van der Waals surface area contributed by atoms with Crippen LogP contribution in [0.2, 0.25) is 0 Å². The summed E-state index contributed by atoms with van der Waals surface area (Å²) in [5.41, 5.74) is 8.18. The summed E-state index contributed by atoms with van der Waals surface area (Å²) in [6, 6.07) is 9.45. The number of fused-ring (bicyclic) bond motifs is 1. The third-order valence-corrected chi connectivity index (χ3v) is 2.81. The minimum absolute atomic E-state index is 0.398. The number of aromatic nitrogens is 2. The lowest BCUT2D eigenvalue weighted by molar-refractivity contribution is 0.181. The molecular weight excluding hydrogens is 242 g/mol. The highest BCUT2D eigenvalue weighted by Crippen LogP contribution is 2.28. The molecule has 5 nitrogen and oxygen atoms in total. The summed E-state index contributed by atoms with van der Waals surface area (Å²) in [6.45, 7) is 0.398. The normalized spacial score (nSPS) is 11.0. The number of rotatable bonds is 3. The Kier molecular flexibility index (Phi) is 2.89. The average Bonchev–Trinajstić information content (AvgIpc) is 2.82. The quantitative estimate of drug-likeness (QED) is 0.778. The predicted octanol–water partition coefficient (Wildman–Crippen LogP) is 2.62. The maximum absolute atomic E-state index is 5.80. The topological polar surface area (TPSA) is 74.2 Å². The summed E-state index contributed by atoms with van der Waals surface area (Å²) in [5, 5.41) is 0.969. The zero-order chi connectivity index (χ0) is 13.2. The van der Waals surface area contributed by atoms with Crippen molar-refractivity contribution >= 4 is 16.8 Å². The van der Waals surface area contributed by atoms with E-state index in [-0.39, 0.29) is 0 Å². The molecule has 1 aromatic carbocycles. The molecule has 0 atom stereocenters. The van der Waals surface area contributed by atoms with Crippen LogP contribution in [0.4, 0.5) is 5.82 Å². The molecule has 0 aliphatic rings. The highest BCUT2D eigenvalue weighted by Gasteiger charge is 2.11. The molecular formula is C14H13N3O2. The molecule has 2 N–H and O–H groups in total. The third-order valence-electron chi connectivity index (χ3n) is 2.81. The van der Waals surface area contributed by atoms with Crippen molar-refractivity contribution in [3.63, 3.8) is 0 Å². The summed E-state index contributed by atoms with van der Waals surface area (Å²) >= 11 is 0. The van der Waals surface area contributed by atoms with Gasteiger partial charge in [-0.1, -0.05) is 18.2 Å². The number of nitrogens with two attached hydrogens (primary N) is 1. The van der Waals surface area contributed by atoms with Gasteiger partial charge in [-0.2, -0.15) is 0 Å². The lowest BCUT2D eigenvalue weighted by atomic mass is 10.1. The molecule has 0 aliphatic carbocycles. The minimum Gasteiger partial charge on any atom is -0.464 e. The number of hydrogen-bond donors (Lipinski definition) is 1. The zero-order valence-corrected chi connectivity index (χ0v) is 10.5. The number of para-hydroxylation sites is 1. The number of nitrogens with zero attached hydrogens (tertiary/aromatic N) is 2. The third kappa shape index (κ3) is 2.15. The lowest BCUT2D eigenvalue weighted by Gasteiger charge is -2.04. The highest BCUT2D eigenvalue weighted by atomic mass is 16.5. The van der Waals surface area contributed by atoms with Crippen LogP contribution in [0, 0.1) is 0 Å². The van der Waals surface area contributed by atoms with Crippen LogP contribution < -0.4 is 5.73 Å². The second-order valence-corrected chi connectivity index (χ2v) is 4.19. The molecule has 3 aromatic rings. The minimum atomic E-state index is 0.398. The number of methoxy groups -OCH3 is 1. The van der Waals surface area contributed by atoms with Crippen LogP contribution in [-0.4, -0.2) is 17.1 Å². The van der Waals surface area contributed by atoms with Crippen LogP contribution in [0.25, 0.3) is 22.4 Å². The Bertz CT molecular complexity index is 722. The summed E-state index contributed by atoms with van der Waals surface area (Å²) in [7, 11) is 1.62. The van der Waals surface area contributed by atoms with Crippen molar-refractivity contribution in [3.8, 4) is 11.4 Å². The van der Waals surface area contributed by atoms with Gasteiger partial charge in [-0.25, -0.2) is 9.97 Å². The van der Waals surface area contributed by atoms with Gasteiger partial charge in [0.1, 0.15) is 17.7 Å². The molecule has 0 saturated heterocycles. The number of benzene rings is 1. The summed E-state index contributed by atoms with van der Waals surface area (Å²) in [4.78, 5) is 8.70. The fourth-order valence-corrected chi connectivity index (χ4v) is 2.01. The molecule has 0 spiro atoms. The molecule has 0 aliphatic heterocycles. The van der Waals surface area contributed by atoms with Crippen LogP contribution in [0.1, 0.15) is 5.69 Å².